The Labute approximate surface area is 70.7 Å². The maximum absolute atomic E-state index is 4.05. The molecule has 2 rings (SSSR count). The Balaban J connectivity index is 1.90. The molecule has 1 atom stereocenters. The van der Waals surface area contributed by atoms with E-state index >= 15 is 0 Å². The minimum absolute atomic E-state index is 0.718. The quantitative estimate of drug-likeness (QED) is 0.722. The van der Waals surface area contributed by atoms with E-state index in [1.54, 1.807) is 11.3 Å². The smallest absolute Gasteiger partial charge is 0.0794 e. The van der Waals surface area contributed by atoms with Gasteiger partial charge in [-0.1, -0.05) is 0 Å². The molecule has 60 valence electrons. The number of hydrogen-bond donors (Lipinski definition) is 1. The first-order chi connectivity index (χ1) is 5.45. The second-order valence-electron chi connectivity index (χ2n) is 2.97. The number of nitrogens with one attached hydrogen (secondary N) is 1. The van der Waals surface area contributed by atoms with Crippen molar-refractivity contribution in [2.45, 2.75) is 25.3 Å². The van der Waals surface area contributed by atoms with Gasteiger partial charge < -0.3 is 5.32 Å². The van der Waals surface area contributed by atoms with Gasteiger partial charge in [-0.2, -0.15) is 0 Å². The molecule has 3 heteroatoms. The molecule has 11 heavy (non-hydrogen) atoms. The van der Waals surface area contributed by atoms with Gasteiger partial charge in [0.2, 0.25) is 0 Å². The molecule has 1 aromatic rings. The van der Waals surface area contributed by atoms with Gasteiger partial charge in [-0.05, 0) is 25.8 Å². The molecule has 0 radical (unpaired) electrons. The third-order valence-electron chi connectivity index (χ3n) is 2.09. The Hall–Kier alpha value is -0.410. The van der Waals surface area contributed by atoms with Gasteiger partial charge in [0.25, 0.3) is 0 Å². The molecule has 2 nitrogen and oxygen atoms in total. The van der Waals surface area contributed by atoms with Crippen LogP contribution in [0.2, 0.25) is 0 Å². The highest BCUT2D eigenvalue weighted by Crippen LogP contribution is 2.14. The van der Waals surface area contributed by atoms with Crippen molar-refractivity contribution in [1.82, 2.24) is 10.3 Å². The first-order valence-electron chi connectivity index (χ1n) is 4.06. The fourth-order valence-electron chi connectivity index (χ4n) is 1.52. The molecule has 1 N–H and O–H groups in total. The molecule has 0 saturated carbocycles. The predicted molar refractivity (Wildman–Crippen MR) is 46.8 cm³/mol. The summed E-state index contributed by atoms with van der Waals surface area (Å²) in [4.78, 5) is 5.46. The third kappa shape index (κ3) is 1.79. The van der Waals surface area contributed by atoms with E-state index in [0.29, 0.717) is 0 Å². The fraction of sp³-hybridized carbons (Fsp3) is 0.625. The summed E-state index contributed by atoms with van der Waals surface area (Å²) in [6.07, 6.45) is 5.82. The van der Waals surface area contributed by atoms with Gasteiger partial charge in [0, 0.05) is 17.1 Å². The second-order valence-corrected chi connectivity index (χ2v) is 3.94. The van der Waals surface area contributed by atoms with Crippen LogP contribution in [0.25, 0.3) is 0 Å². The van der Waals surface area contributed by atoms with Gasteiger partial charge in [0.15, 0.2) is 0 Å². The lowest BCUT2D eigenvalue weighted by Gasteiger charge is -2.06. The average Bonchev–Trinajstić information content (AvgIpc) is 2.60. The standard InChI is InChI=1S/C8H12N2S/c1-2-7(10-3-1)4-8-5-9-6-11-8/h5-7,10H,1-4H2. The van der Waals surface area contributed by atoms with E-state index in [9.17, 15) is 0 Å². The van der Waals surface area contributed by atoms with Crippen LogP contribution in [0.5, 0.6) is 0 Å². The lowest BCUT2D eigenvalue weighted by Crippen LogP contribution is -2.23. The van der Waals surface area contributed by atoms with E-state index in [0.717, 1.165) is 6.04 Å². The fourth-order valence-corrected chi connectivity index (χ4v) is 2.19. The predicted octanol–water partition coefficient (Wildman–Crippen LogP) is 1.44. The van der Waals surface area contributed by atoms with E-state index in [1.165, 1.54) is 30.7 Å². The van der Waals surface area contributed by atoms with Gasteiger partial charge in [0.05, 0.1) is 5.51 Å². The third-order valence-corrected chi connectivity index (χ3v) is 2.90. The molecule has 1 unspecified atom stereocenters. The highest BCUT2D eigenvalue weighted by Gasteiger charge is 2.14. The summed E-state index contributed by atoms with van der Waals surface area (Å²) in [7, 11) is 0. The molecule has 1 aliphatic rings. The van der Waals surface area contributed by atoms with Crippen molar-refractivity contribution in [2.75, 3.05) is 6.54 Å². The molecule has 0 bridgehead atoms. The minimum Gasteiger partial charge on any atom is -0.314 e. The minimum atomic E-state index is 0.718. The van der Waals surface area contributed by atoms with Crippen LogP contribution in [0.15, 0.2) is 11.7 Å². The maximum atomic E-state index is 4.05. The van der Waals surface area contributed by atoms with Crippen LogP contribution < -0.4 is 5.32 Å². The van der Waals surface area contributed by atoms with Crippen LogP contribution in [0.3, 0.4) is 0 Å². The average molecular weight is 168 g/mol. The zero-order valence-electron chi connectivity index (χ0n) is 6.42. The van der Waals surface area contributed by atoms with Crippen LogP contribution in [-0.2, 0) is 6.42 Å². The molecule has 1 aliphatic heterocycles. The highest BCUT2D eigenvalue weighted by atomic mass is 32.1. The molecule has 1 saturated heterocycles. The Morgan fingerprint density at radius 1 is 1.73 bits per heavy atom. The summed E-state index contributed by atoms with van der Waals surface area (Å²) in [5.41, 5.74) is 1.91. The van der Waals surface area contributed by atoms with Crippen molar-refractivity contribution < 1.29 is 0 Å². The van der Waals surface area contributed by atoms with Crippen molar-refractivity contribution >= 4 is 11.3 Å². The normalized spacial score (nSPS) is 24.2. The van der Waals surface area contributed by atoms with Crippen molar-refractivity contribution in [2.24, 2.45) is 0 Å². The summed E-state index contributed by atoms with van der Waals surface area (Å²) in [6, 6.07) is 0.718. The Morgan fingerprint density at radius 2 is 2.73 bits per heavy atom. The molecular formula is C8H12N2S. The highest BCUT2D eigenvalue weighted by molar-refractivity contribution is 7.09. The number of thiazole rings is 1. The summed E-state index contributed by atoms with van der Waals surface area (Å²) in [5, 5.41) is 3.47. The Morgan fingerprint density at radius 3 is 3.36 bits per heavy atom. The van der Waals surface area contributed by atoms with Gasteiger partial charge >= 0.3 is 0 Å². The summed E-state index contributed by atoms with van der Waals surface area (Å²) >= 11 is 1.76. The molecule has 2 heterocycles. The maximum Gasteiger partial charge on any atom is 0.0794 e. The first-order valence-corrected chi connectivity index (χ1v) is 4.94. The molecular weight excluding hydrogens is 156 g/mol. The van der Waals surface area contributed by atoms with Crippen LogP contribution >= 0.6 is 11.3 Å². The first kappa shape index (κ1) is 7.25. The zero-order valence-corrected chi connectivity index (χ0v) is 7.23. The second kappa shape index (κ2) is 3.32. The zero-order chi connectivity index (χ0) is 7.52. The van der Waals surface area contributed by atoms with Gasteiger partial charge in [-0.25, -0.2) is 0 Å². The lowest BCUT2D eigenvalue weighted by molar-refractivity contribution is 0.607. The topological polar surface area (TPSA) is 24.9 Å². The van der Waals surface area contributed by atoms with Crippen molar-refractivity contribution in [3.63, 3.8) is 0 Å². The van der Waals surface area contributed by atoms with E-state index in [-0.39, 0.29) is 0 Å². The van der Waals surface area contributed by atoms with E-state index in [2.05, 4.69) is 10.3 Å². The van der Waals surface area contributed by atoms with E-state index < -0.39 is 0 Å². The van der Waals surface area contributed by atoms with Gasteiger partial charge in [-0.3, -0.25) is 4.98 Å². The van der Waals surface area contributed by atoms with Gasteiger partial charge in [0.1, 0.15) is 0 Å². The van der Waals surface area contributed by atoms with Crippen LogP contribution in [0.4, 0.5) is 0 Å². The monoisotopic (exact) mass is 168 g/mol. The number of rotatable bonds is 2. The summed E-state index contributed by atoms with van der Waals surface area (Å²) in [6.45, 7) is 1.20. The largest absolute Gasteiger partial charge is 0.314 e. The van der Waals surface area contributed by atoms with Crippen molar-refractivity contribution in [1.29, 1.82) is 0 Å². The SMILES string of the molecule is c1ncc(CC2CCCN2)s1. The molecule has 1 fully saturated rings. The lowest BCUT2D eigenvalue weighted by atomic mass is 10.1. The van der Waals surface area contributed by atoms with Crippen LogP contribution in [0, 0.1) is 0 Å². The van der Waals surface area contributed by atoms with Gasteiger partial charge in [-0.15, -0.1) is 11.3 Å². The molecule has 1 aromatic heterocycles. The molecule has 0 spiro atoms. The van der Waals surface area contributed by atoms with E-state index in [1.807, 2.05) is 11.7 Å². The number of nitrogens with zero attached hydrogens (tertiary/aromatic N) is 1. The van der Waals surface area contributed by atoms with Crippen LogP contribution in [0.1, 0.15) is 17.7 Å². The molecule has 0 aromatic carbocycles. The van der Waals surface area contributed by atoms with Crippen molar-refractivity contribution in [3.05, 3.63) is 16.6 Å². The Kier molecular flexibility index (Phi) is 2.19. The van der Waals surface area contributed by atoms with Crippen molar-refractivity contribution in [3.8, 4) is 0 Å². The molecule has 0 aliphatic carbocycles. The van der Waals surface area contributed by atoms with E-state index in [4.69, 9.17) is 0 Å². The van der Waals surface area contributed by atoms with Crippen LogP contribution in [-0.4, -0.2) is 17.6 Å². The Bertz CT molecular complexity index is 202. The number of aromatic nitrogens is 1. The molecule has 0 amide bonds. The summed E-state index contributed by atoms with van der Waals surface area (Å²) in [5.74, 6) is 0. The number of hydrogen-bond acceptors (Lipinski definition) is 3. The summed E-state index contributed by atoms with van der Waals surface area (Å²) < 4.78 is 0.